The number of hydrogen-bond acceptors (Lipinski definition) is 4. The molecule has 8 heteroatoms. The summed E-state index contributed by atoms with van der Waals surface area (Å²) in [6, 6.07) is 11.3. The van der Waals surface area contributed by atoms with E-state index in [0.29, 0.717) is 16.1 Å². The number of hydrogen-bond donors (Lipinski definition) is 1. The fourth-order valence-corrected chi connectivity index (χ4v) is 3.43. The van der Waals surface area contributed by atoms with E-state index in [1.807, 2.05) is 45.0 Å². The number of fused-ring (bicyclic) bond motifs is 1. The Morgan fingerprint density at radius 3 is 2.67 bits per heavy atom. The van der Waals surface area contributed by atoms with Crippen LogP contribution in [-0.2, 0) is 11.3 Å². The SMILES string of the molecule is Cc1ccc(C)c(NC(=O)Cn2cnc3c(cnn3-c3cc(Cl)ccc3C)c2=O)c1. The third-order valence-corrected chi connectivity index (χ3v) is 5.17. The van der Waals surface area contributed by atoms with Gasteiger partial charge in [0, 0.05) is 10.7 Å². The molecule has 0 saturated carbocycles. The Morgan fingerprint density at radius 2 is 1.87 bits per heavy atom. The van der Waals surface area contributed by atoms with Gasteiger partial charge in [-0.05, 0) is 55.7 Å². The number of halogens is 1. The minimum absolute atomic E-state index is 0.142. The van der Waals surface area contributed by atoms with Crippen LogP contribution in [-0.4, -0.2) is 25.2 Å². The lowest BCUT2D eigenvalue weighted by Gasteiger charge is -2.11. The van der Waals surface area contributed by atoms with Crippen LogP contribution in [0.2, 0.25) is 5.02 Å². The van der Waals surface area contributed by atoms with Crippen LogP contribution >= 0.6 is 11.6 Å². The van der Waals surface area contributed by atoms with Crippen molar-refractivity contribution in [1.29, 1.82) is 0 Å². The number of carbonyl (C=O) groups excluding carboxylic acids is 1. The van der Waals surface area contributed by atoms with Crippen molar-refractivity contribution < 1.29 is 4.79 Å². The number of aryl methyl sites for hydroxylation is 3. The number of nitrogens with zero attached hydrogens (tertiary/aromatic N) is 4. The number of anilines is 1. The van der Waals surface area contributed by atoms with Crippen LogP contribution in [0.1, 0.15) is 16.7 Å². The molecule has 0 aliphatic heterocycles. The summed E-state index contributed by atoms with van der Waals surface area (Å²) < 4.78 is 2.86. The smallest absolute Gasteiger partial charge is 0.264 e. The largest absolute Gasteiger partial charge is 0.324 e. The molecule has 0 unspecified atom stereocenters. The molecule has 30 heavy (non-hydrogen) atoms. The lowest BCUT2D eigenvalue weighted by molar-refractivity contribution is -0.116. The molecule has 0 radical (unpaired) electrons. The van der Waals surface area contributed by atoms with Crippen molar-refractivity contribution in [3.8, 4) is 5.69 Å². The van der Waals surface area contributed by atoms with Gasteiger partial charge in [0.25, 0.3) is 5.56 Å². The van der Waals surface area contributed by atoms with E-state index in [-0.39, 0.29) is 18.0 Å². The number of benzene rings is 2. The Labute approximate surface area is 177 Å². The third kappa shape index (κ3) is 3.71. The number of nitrogens with one attached hydrogen (secondary N) is 1. The van der Waals surface area contributed by atoms with Gasteiger partial charge in [-0.3, -0.25) is 14.2 Å². The Bertz CT molecular complexity index is 1340. The maximum atomic E-state index is 12.9. The van der Waals surface area contributed by atoms with E-state index in [2.05, 4.69) is 15.4 Å². The van der Waals surface area contributed by atoms with Crippen molar-refractivity contribution in [2.45, 2.75) is 27.3 Å². The van der Waals surface area contributed by atoms with Crippen LogP contribution in [0, 0.1) is 20.8 Å². The van der Waals surface area contributed by atoms with Gasteiger partial charge in [0.15, 0.2) is 5.65 Å². The Kier molecular flexibility index (Phi) is 5.13. The van der Waals surface area contributed by atoms with Crippen LogP contribution in [0.15, 0.2) is 53.7 Å². The molecule has 0 saturated heterocycles. The van der Waals surface area contributed by atoms with Gasteiger partial charge in [0.05, 0.1) is 11.9 Å². The van der Waals surface area contributed by atoms with E-state index in [1.165, 1.54) is 17.1 Å². The van der Waals surface area contributed by atoms with E-state index in [0.717, 1.165) is 28.1 Å². The highest BCUT2D eigenvalue weighted by Gasteiger charge is 2.15. The van der Waals surface area contributed by atoms with Crippen molar-refractivity contribution in [3.63, 3.8) is 0 Å². The van der Waals surface area contributed by atoms with Crippen molar-refractivity contribution in [2.24, 2.45) is 0 Å². The second-order valence-electron chi connectivity index (χ2n) is 7.27. The second kappa shape index (κ2) is 7.76. The standard InChI is InChI=1S/C22H20ClN5O2/c1-13-4-5-14(2)18(8-13)26-20(29)11-27-12-24-21-17(22(27)30)10-25-28(21)19-9-16(23)7-6-15(19)3/h4-10,12H,11H2,1-3H3,(H,26,29). The molecule has 1 amide bonds. The molecule has 152 valence electrons. The number of carbonyl (C=O) groups is 1. The summed E-state index contributed by atoms with van der Waals surface area (Å²) in [4.78, 5) is 29.8. The average molecular weight is 422 g/mol. The molecule has 0 bridgehead atoms. The molecule has 0 fully saturated rings. The summed E-state index contributed by atoms with van der Waals surface area (Å²) in [5.74, 6) is -0.301. The minimum Gasteiger partial charge on any atom is -0.324 e. The quantitative estimate of drug-likeness (QED) is 0.543. The van der Waals surface area contributed by atoms with E-state index >= 15 is 0 Å². The highest BCUT2D eigenvalue weighted by Crippen LogP contribution is 2.21. The van der Waals surface area contributed by atoms with Crippen LogP contribution in [0.4, 0.5) is 5.69 Å². The topological polar surface area (TPSA) is 81.8 Å². The summed E-state index contributed by atoms with van der Waals surface area (Å²) in [5, 5.41) is 8.07. The zero-order chi connectivity index (χ0) is 21.4. The van der Waals surface area contributed by atoms with Gasteiger partial charge in [-0.15, -0.1) is 0 Å². The highest BCUT2D eigenvalue weighted by atomic mass is 35.5. The van der Waals surface area contributed by atoms with E-state index in [9.17, 15) is 9.59 Å². The molecule has 2 aromatic heterocycles. The summed E-state index contributed by atoms with van der Waals surface area (Å²) in [6.07, 6.45) is 2.83. The van der Waals surface area contributed by atoms with Crippen LogP contribution in [0.5, 0.6) is 0 Å². The van der Waals surface area contributed by atoms with Crippen molar-refractivity contribution in [1.82, 2.24) is 19.3 Å². The van der Waals surface area contributed by atoms with Crippen molar-refractivity contribution in [2.75, 3.05) is 5.32 Å². The summed E-state index contributed by atoms with van der Waals surface area (Å²) in [6.45, 7) is 5.66. The zero-order valence-corrected chi connectivity index (χ0v) is 17.6. The maximum absolute atomic E-state index is 12.9. The monoisotopic (exact) mass is 421 g/mol. The molecule has 0 spiro atoms. The van der Waals surface area contributed by atoms with Crippen LogP contribution < -0.4 is 10.9 Å². The summed E-state index contributed by atoms with van der Waals surface area (Å²) in [5.41, 5.74) is 4.50. The van der Waals surface area contributed by atoms with E-state index in [1.54, 1.807) is 16.8 Å². The number of amides is 1. The lowest BCUT2D eigenvalue weighted by Crippen LogP contribution is -2.28. The molecule has 4 aromatic rings. The van der Waals surface area contributed by atoms with Gasteiger partial charge in [0.2, 0.25) is 5.91 Å². The minimum atomic E-state index is -0.331. The molecule has 7 nitrogen and oxygen atoms in total. The highest BCUT2D eigenvalue weighted by molar-refractivity contribution is 6.30. The molecule has 2 aromatic carbocycles. The van der Waals surface area contributed by atoms with Crippen molar-refractivity contribution >= 4 is 34.2 Å². The fourth-order valence-electron chi connectivity index (χ4n) is 3.26. The molecule has 1 N–H and O–H groups in total. The molecule has 0 atom stereocenters. The first-order chi connectivity index (χ1) is 14.3. The first kappa shape index (κ1) is 19.8. The average Bonchev–Trinajstić information content (AvgIpc) is 3.13. The fraction of sp³-hybridized carbons (Fsp3) is 0.182. The third-order valence-electron chi connectivity index (χ3n) is 4.93. The molecule has 0 aliphatic carbocycles. The van der Waals surface area contributed by atoms with Crippen LogP contribution in [0.25, 0.3) is 16.7 Å². The first-order valence-corrected chi connectivity index (χ1v) is 9.78. The van der Waals surface area contributed by atoms with Gasteiger partial charge in [0.1, 0.15) is 18.3 Å². The van der Waals surface area contributed by atoms with Gasteiger partial charge >= 0.3 is 0 Å². The van der Waals surface area contributed by atoms with Gasteiger partial charge in [-0.1, -0.05) is 29.8 Å². The molecule has 0 aliphatic rings. The Morgan fingerprint density at radius 1 is 1.10 bits per heavy atom. The Balaban J connectivity index is 1.65. The number of aromatic nitrogens is 4. The van der Waals surface area contributed by atoms with E-state index < -0.39 is 0 Å². The second-order valence-corrected chi connectivity index (χ2v) is 7.71. The molecule has 4 rings (SSSR count). The number of rotatable bonds is 4. The normalized spacial score (nSPS) is 11.1. The zero-order valence-electron chi connectivity index (χ0n) is 16.8. The molecular weight excluding hydrogens is 402 g/mol. The first-order valence-electron chi connectivity index (χ1n) is 9.40. The maximum Gasteiger partial charge on any atom is 0.264 e. The summed E-state index contributed by atoms with van der Waals surface area (Å²) in [7, 11) is 0. The van der Waals surface area contributed by atoms with Gasteiger partial charge < -0.3 is 5.32 Å². The van der Waals surface area contributed by atoms with E-state index in [4.69, 9.17) is 11.6 Å². The summed E-state index contributed by atoms with van der Waals surface area (Å²) >= 11 is 6.11. The molecule has 2 heterocycles. The van der Waals surface area contributed by atoms with Crippen molar-refractivity contribution in [3.05, 3.63) is 81.0 Å². The van der Waals surface area contributed by atoms with Crippen LogP contribution in [0.3, 0.4) is 0 Å². The predicted molar refractivity (Wildman–Crippen MR) is 117 cm³/mol. The van der Waals surface area contributed by atoms with Gasteiger partial charge in [-0.25, -0.2) is 9.67 Å². The lowest BCUT2D eigenvalue weighted by atomic mass is 10.1. The Hall–Kier alpha value is -3.45. The predicted octanol–water partition coefficient (Wildman–Crippen LogP) is 3.80. The van der Waals surface area contributed by atoms with Gasteiger partial charge in [-0.2, -0.15) is 5.10 Å². The molecular formula is C22H20ClN5O2.